The fourth-order valence-electron chi connectivity index (χ4n) is 5.84. The zero-order valence-corrected chi connectivity index (χ0v) is 22.6. The van der Waals surface area contributed by atoms with Crippen LogP contribution in [0.5, 0.6) is 0 Å². The van der Waals surface area contributed by atoms with Crippen LogP contribution in [0.15, 0.2) is 79.0 Å². The van der Waals surface area contributed by atoms with Crippen LogP contribution in [0.1, 0.15) is 52.4 Å². The van der Waals surface area contributed by atoms with Crippen molar-refractivity contribution < 1.29 is 9.59 Å². The predicted molar refractivity (Wildman–Crippen MR) is 154 cm³/mol. The van der Waals surface area contributed by atoms with Crippen molar-refractivity contribution in [3.63, 3.8) is 0 Å². The van der Waals surface area contributed by atoms with Gasteiger partial charge in [-0.05, 0) is 55.7 Å². The van der Waals surface area contributed by atoms with Gasteiger partial charge in [0, 0.05) is 67.6 Å². The van der Waals surface area contributed by atoms with Crippen molar-refractivity contribution in [3.8, 4) is 0 Å². The fourth-order valence-corrected chi connectivity index (χ4v) is 5.84. The van der Waals surface area contributed by atoms with Crippen molar-refractivity contribution in [3.05, 3.63) is 101 Å². The lowest BCUT2D eigenvalue weighted by atomic mass is 9.79. The third-order valence-corrected chi connectivity index (χ3v) is 7.76. The highest BCUT2D eigenvalue weighted by Crippen LogP contribution is 2.44. The molecule has 6 nitrogen and oxygen atoms in total. The van der Waals surface area contributed by atoms with Crippen LogP contribution in [0, 0.1) is 6.92 Å². The van der Waals surface area contributed by atoms with Gasteiger partial charge >= 0.3 is 0 Å². The SMILES string of the molecule is CCN(CCCNC(=O)C1c2ccccc2C(=O)N(C)C1c1cn(C)c2ccccc12)c1cccc(C)c1. The van der Waals surface area contributed by atoms with Gasteiger partial charge in [-0.3, -0.25) is 9.59 Å². The highest BCUT2D eigenvalue weighted by Gasteiger charge is 2.43. The Morgan fingerprint density at radius 1 is 0.974 bits per heavy atom. The summed E-state index contributed by atoms with van der Waals surface area (Å²) in [6.07, 6.45) is 2.89. The Bertz CT molecular complexity index is 1470. The summed E-state index contributed by atoms with van der Waals surface area (Å²) in [5, 5.41) is 4.28. The first-order valence-corrected chi connectivity index (χ1v) is 13.4. The first-order chi connectivity index (χ1) is 18.4. The number of aryl methyl sites for hydroxylation is 2. The van der Waals surface area contributed by atoms with E-state index < -0.39 is 12.0 Å². The molecule has 3 aromatic carbocycles. The molecule has 1 aliphatic rings. The van der Waals surface area contributed by atoms with Gasteiger partial charge in [-0.2, -0.15) is 0 Å². The number of fused-ring (bicyclic) bond motifs is 2. The van der Waals surface area contributed by atoms with Crippen molar-refractivity contribution >= 4 is 28.4 Å². The Morgan fingerprint density at radius 3 is 2.53 bits per heavy atom. The summed E-state index contributed by atoms with van der Waals surface area (Å²) in [4.78, 5) is 31.4. The Morgan fingerprint density at radius 2 is 1.74 bits per heavy atom. The highest BCUT2D eigenvalue weighted by molar-refractivity contribution is 6.02. The molecule has 2 heterocycles. The molecule has 2 unspecified atom stereocenters. The first-order valence-electron chi connectivity index (χ1n) is 13.4. The van der Waals surface area contributed by atoms with Gasteiger partial charge in [-0.25, -0.2) is 0 Å². The smallest absolute Gasteiger partial charge is 0.254 e. The van der Waals surface area contributed by atoms with E-state index in [9.17, 15) is 9.59 Å². The minimum atomic E-state index is -0.501. The number of anilines is 1. The van der Waals surface area contributed by atoms with Crippen LogP contribution in [0.4, 0.5) is 5.69 Å². The molecule has 0 radical (unpaired) electrons. The number of likely N-dealkylation sites (N-methyl/N-ethyl adjacent to an activating group) is 1. The second kappa shape index (κ2) is 10.7. The summed E-state index contributed by atoms with van der Waals surface area (Å²) in [7, 11) is 3.82. The Balaban J connectivity index is 1.40. The summed E-state index contributed by atoms with van der Waals surface area (Å²) < 4.78 is 2.07. The summed E-state index contributed by atoms with van der Waals surface area (Å²) in [6, 6.07) is 23.8. The molecule has 0 spiro atoms. The lowest BCUT2D eigenvalue weighted by Crippen LogP contribution is -2.46. The molecule has 0 saturated carbocycles. The number of para-hydroxylation sites is 1. The van der Waals surface area contributed by atoms with Gasteiger partial charge in [0.25, 0.3) is 5.91 Å². The first kappa shape index (κ1) is 25.6. The van der Waals surface area contributed by atoms with Crippen LogP contribution in [0.25, 0.3) is 10.9 Å². The van der Waals surface area contributed by atoms with Gasteiger partial charge in [0.05, 0.1) is 12.0 Å². The number of nitrogens with one attached hydrogen (secondary N) is 1. The average Bonchev–Trinajstić information content (AvgIpc) is 3.26. The molecular weight excluding hydrogens is 472 g/mol. The molecule has 0 saturated heterocycles. The molecule has 5 rings (SSSR count). The Labute approximate surface area is 224 Å². The van der Waals surface area contributed by atoms with E-state index in [1.807, 2.05) is 50.5 Å². The average molecular weight is 509 g/mol. The summed E-state index contributed by atoms with van der Waals surface area (Å²) in [6.45, 7) is 6.59. The summed E-state index contributed by atoms with van der Waals surface area (Å²) in [5.41, 5.74) is 5.91. The molecule has 6 heteroatoms. The van der Waals surface area contributed by atoms with E-state index in [4.69, 9.17) is 0 Å². The van der Waals surface area contributed by atoms with Gasteiger partial charge in [-0.15, -0.1) is 0 Å². The third-order valence-electron chi connectivity index (χ3n) is 7.76. The monoisotopic (exact) mass is 508 g/mol. The molecule has 1 aromatic heterocycles. The maximum absolute atomic E-state index is 13.9. The zero-order chi connectivity index (χ0) is 26.8. The zero-order valence-electron chi connectivity index (χ0n) is 22.6. The minimum absolute atomic E-state index is 0.0478. The van der Waals surface area contributed by atoms with Gasteiger partial charge in [0.2, 0.25) is 5.91 Å². The number of amides is 2. The minimum Gasteiger partial charge on any atom is -0.372 e. The van der Waals surface area contributed by atoms with Crippen molar-refractivity contribution in [1.82, 2.24) is 14.8 Å². The standard InChI is InChI=1S/C32H36N4O2/c1-5-36(23-13-10-12-22(2)20-23)19-11-18-33-31(37)29-25-15-6-7-16-26(25)32(38)35(4)30(29)27-21-34(3)28-17-9-8-14-24(27)28/h6-10,12-17,20-21,29-30H,5,11,18-19H2,1-4H3,(H,33,37). The van der Waals surface area contributed by atoms with Crippen molar-refractivity contribution in [1.29, 1.82) is 0 Å². The largest absolute Gasteiger partial charge is 0.372 e. The second-order valence-electron chi connectivity index (χ2n) is 10.2. The molecular formula is C32H36N4O2. The Kier molecular flexibility index (Phi) is 7.23. The molecule has 38 heavy (non-hydrogen) atoms. The van der Waals surface area contributed by atoms with Crippen molar-refractivity contribution in [2.45, 2.75) is 32.2 Å². The topological polar surface area (TPSA) is 57.6 Å². The van der Waals surface area contributed by atoms with Gasteiger partial charge < -0.3 is 19.7 Å². The molecule has 2 amide bonds. The molecule has 4 aromatic rings. The van der Waals surface area contributed by atoms with Crippen LogP contribution in [-0.2, 0) is 11.8 Å². The van der Waals surface area contributed by atoms with E-state index in [0.717, 1.165) is 41.5 Å². The predicted octanol–water partition coefficient (Wildman–Crippen LogP) is 5.43. The third kappa shape index (κ3) is 4.67. The number of benzene rings is 3. The molecule has 196 valence electrons. The van der Waals surface area contributed by atoms with Gasteiger partial charge in [-0.1, -0.05) is 48.5 Å². The van der Waals surface area contributed by atoms with Crippen LogP contribution >= 0.6 is 0 Å². The highest BCUT2D eigenvalue weighted by atomic mass is 16.2. The number of carbonyl (C=O) groups excluding carboxylic acids is 2. The van der Waals surface area contributed by atoms with Gasteiger partial charge in [0.1, 0.15) is 0 Å². The van der Waals surface area contributed by atoms with E-state index >= 15 is 0 Å². The number of carbonyl (C=O) groups is 2. The van der Waals surface area contributed by atoms with Crippen molar-refractivity contribution in [2.75, 3.05) is 31.6 Å². The normalized spacial score (nSPS) is 16.9. The van der Waals surface area contributed by atoms with Crippen molar-refractivity contribution in [2.24, 2.45) is 7.05 Å². The van der Waals surface area contributed by atoms with Crippen LogP contribution in [0.2, 0.25) is 0 Å². The molecule has 1 N–H and O–H groups in total. The van der Waals surface area contributed by atoms with E-state index in [1.54, 1.807) is 4.90 Å². The number of rotatable bonds is 8. The Hall–Kier alpha value is -4.06. The van der Waals surface area contributed by atoms with E-state index in [-0.39, 0.29) is 11.8 Å². The molecule has 0 aliphatic carbocycles. The van der Waals surface area contributed by atoms with Gasteiger partial charge in [0.15, 0.2) is 0 Å². The number of hydrogen-bond donors (Lipinski definition) is 1. The quantitative estimate of drug-likeness (QED) is 0.323. The number of nitrogens with zero attached hydrogens (tertiary/aromatic N) is 3. The van der Waals surface area contributed by atoms with Crippen LogP contribution in [0.3, 0.4) is 0 Å². The molecule has 0 bridgehead atoms. The summed E-state index contributed by atoms with van der Waals surface area (Å²) >= 11 is 0. The second-order valence-corrected chi connectivity index (χ2v) is 10.2. The molecule has 0 fully saturated rings. The lowest BCUT2D eigenvalue weighted by molar-refractivity contribution is -0.124. The van der Waals surface area contributed by atoms with E-state index in [2.05, 4.69) is 71.2 Å². The summed E-state index contributed by atoms with van der Waals surface area (Å²) in [5.74, 6) is -0.605. The number of aromatic nitrogens is 1. The van der Waals surface area contributed by atoms with Crippen LogP contribution in [-0.4, -0.2) is 48.0 Å². The molecule has 1 aliphatic heterocycles. The van der Waals surface area contributed by atoms with E-state index in [1.165, 1.54) is 11.3 Å². The van der Waals surface area contributed by atoms with Crippen LogP contribution < -0.4 is 10.2 Å². The number of hydrogen-bond acceptors (Lipinski definition) is 3. The lowest BCUT2D eigenvalue weighted by Gasteiger charge is -2.39. The van der Waals surface area contributed by atoms with E-state index in [0.29, 0.717) is 12.1 Å². The maximum atomic E-state index is 13.9. The molecule has 2 atom stereocenters. The maximum Gasteiger partial charge on any atom is 0.254 e. The fraction of sp³-hybridized carbons (Fsp3) is 0.312.